The largest absolute Gasteiger partial charge is 0.496 e. The van der Waals surface area contributed by atoms with Gasteiger partial charge in [0.25, 0.3) is 0 Å². The molecule has 0 aliphatic carbocycles. The number of hydrogen-bond donors (Lipinski definition) is 1. The molecule has 2 heterocycles. The molecule has 5 unspecified atom stereocenters. The van der Waals surface area contributed by atoms with E-state index in [-0.39, 0.29) is 0 Å². The fourth-order valence-electron chi connectivity index (χ4n) is 3.25. The summed E-state index contributed by atoms with van der Waals surface area (Å²) in [5, 5.41) is 3.66. The lowest BCUT2D eigenvalue weighted by molar-refractivity contribution is 0.0463. The van der Waals surface area contributed by atoms with Gasteiger partial charge in [-0.05, 0) is 38.8 Å². The molecule has 2 aliphatic rings. The van der Waals surface area contributed by atoms with E-state index in [4.69, 9.17) is 9.47 Å². The van der Waals surface area contributed by atoms with Gasteiger partial charge in [0.05, 0.1) is 24.9 Å². The Labute approximate surface area is 111 Å². The van der Waals surface area contributed by atoms with Crippen molar-refractivity contribution in [3.05, 3.63) is 11.8 Å². The Hall–Kier alpha value is -0.540. The fraction of sp³-hybridized carbons (Fsp3) is 0.867. The standard InChI is InChI=1S/C15H27NO2/c1-5-8-16-15(13-7-6-9-17-13)14-10(2)11(3)18-12(14)4/h7,10-12,14-16H,5-6,8-9H2,1-4H3. The van der Waals surface area contributed by atoms with E-state index in [1.54, 1.807) is 0 Å². The molecule has 3 nitrogen and oxygen atoms in total. The summed E-state index contributed by atoms with van der Waals surface area (Å²) in [7, 11) is 0. The van der Waals surface area contributed by atoms with Crippen molar-refractivity contribution >= 4 is 0 Å². The molecule has 2 rings (SSSR count). The van der Waals surface area contributed by atoms with Crippen LogP contribution in [0.2, 0.25) is 0 Å². The molecule has 0 aromatic rings. The molecule has 0 saturated carbocycles. The molecule has 1 saturated heterocycles. The third kappa shape index (κ3) is 2.72. The third-order valence-electron chi connectivity index (χ3n) is 4.36. The molecule has 18 heavy (non-hydrogen) atoms. The Morgan fingerprint density at radius 1 is 1.33 bits per heavy atom. The van der Waals surface area contributed by atoms with E-state index >= 15 is 0 Å². The minimum Gasteiger partial charge on any atom is -0.496 e. The predicted octanol–water partition coefficient (Wildman–Crippen LogP) is 2.72. The summed E-state index contributed by atoms with van der Waals surface area (Å²) in [4.78, 5) is 0. The van der Waals surface area contributed by atoms with Gasteiger partial charge in [-0.1, -0.05) is 13.8 Å². The highest BCUT2D eigenvalue weighted by atomic mass is 16.5. The molecule has 1 fully saturated rings. The Bertz CT molecular complexity index is 303. The van der Waals surface area contributed by atoms with Crippen LogP contribution in [0, 0.1) is 11.8 Å². The Kier molecular flexibility index (Phi) is 4.68. The predicted molar refractivity (Wildman–Crippen MR) is 73.4 cm³/mol. The van der Waals surface area contributed by atoms with Crippen LogP contribution in [-0.2, 0) is 9.47 Å². The maximum absolute atomic E-state index is 5.98. The summed E-state index contributed by atoms with van der Waals surface area (Å²) in [5.41, 5.74) is 0. The quantitative estimate of drug-likeness (QED) is 0.817. The van der Waals surface area contributed by atoms with Crippen molar-refractivity contribution in [2.45, 2.75) is 58.8 Å². The maximum Gasteiger partial charge on any atom is 0.109 e. The second kappa shape index (κ2) is 6.07. The molecule has 0 bridgehead atoms. The molecule has 0 radical (unpaired) electrons. The molecular formula is C15H27NO2. The number of ether oxygens (including phenoxy) is 2. The molecular weight excluding hydrogens is 226 g/mol. The fourth-order valence-corrected chi connectivity index (χ4v) is 3.25. The summed E-state index contributed by atoms with van der Waals surface area (Å²) < 4.78 is 11.8. The highest BCUT2D eigenvalue weighted by molar-refractivity contribution is 5.12. The highest BCUT2D eigenvalue weighted by Gasteiger charge is 2.43. The Morgan fingerprint density at radius 3 is 2.61 bits per heavy atom. The molecule has 3 heteroatoms. The van der Waals surface area contributed by atoms with Crippen LogP contribution in [0.15, 0.2) is 11.8 Å². The van der Waals surface area contributed by atoms with Crippen LogP contribution in [0.4, 0.5) is 0 Å². The SMILES string of the molecule is CCCNC(C1=CCCO1)C1C(C)OC(C)C1C. The first-order valence-corrected chi connectivity index (χ1v) is 7.36. The minimum atomic E-state index is 0.300. The molecule has 1 N–H and O–H groups in total. The lowest BCUT2D eigenvalue weighted by Crippen LogP contribution is -2.43. The molecule has 2 aliphatic heterocycles. The monoisotopic (exact) mass is 253 g/mol. The molecule has 5 atom stereocenters. The van der Waals surface area contributed by atoms with E-state index in [1.807, 2.05) is 0 Å². The van der Waals surface area contributed by atoms with Crippen molar-refractivity contribution in [1.29, 1.82) is 0 Å². The lowest BCUT2D eigenvalue weighted by Gasteiger charge is -2.30. The topological polar surface area (TPSA) is 30.5 Å². The van der Waals surface area contributed by atoms with Gasteiger partial charge < -0.3 is 14.8 Å². The lowest BCUT2D eigenvalue weighted by atomic mass is 9.82. The van der Waals surface area contributed by atoms with E-state index in [9.17, 15) is 0 Å². The molecule has 104 valence electrons. The van der Waals surface area contributed by atoms with Crippen molar-refractivity contribution < 1.29 is 9.47 Å². The van der Waals surface area contributed by atoms with Crippen molar-refractivity contribution in [2.24, 2.45) is 11.8 Å². The smallest absolute Gasteiger partial charge is 0.109 e. The first kappa shape index (κ1) is 13.9. The Balaban J connectivity index is 2.12. The van der Waals surface area contributed by atoms with Gasteiger partial charge in [-0.25, -0.2) is 0 Å². The summed E-state index contributed by atoms with van der Waals surface area (Å²) in [5.74, 6) is 2.22. The van der Waals surface area contributed by atoms with E-state index < -0.39 is 0 Å². The number of nitrogens with one attached hydrogen (secondary N) is 1. The minimum absolute atomic E-state index is 0.300. The van der Waals surface area contributed by atoms with Crippen LogP contribution >= 0.6 is 0 Å². The zero-order valence-electron chi connectivity index (χ0n) is 12.1. The molecule has 0 spiro atoms. The summed E-state index contributed by atoms with van der Waals surface area (Å²) in [6.45, 7) is 10.8. The average Bonchev–Trinajstić information content (AvgIpc) is 2.93. The second-order valence-corrected chi connectivity index (χ2v) is 5.66. The molecule has 0 aromatic carbocycles. The van der Waals surface area contributed by atoms with Gasteiger partial charge in [-0.15, -0.1) is 0 Å². The van der Waals surface area contributed by atoms with Gasteiger partial charge >= 0.3 is 0 Å². The molecule has 0 aromatic heterocycles. The van der Waals surface area contributed by atoms with E-state index in [0.29, 0.717) is 30.1 Å². The van der Waals surface area contributed by atoms with Gasteiger partial charge in [-0.3, -0.25) is 0 Å². The van der Waals surface area contributed by atoms with Crippen molar-refractivity contribution in [3.8, 4) is 0 Å². The third-order valence-corrected chi connectivity index (χ3v) is 4.36. The van der Waals surface area contributed by atoms with Crippen LogP contribution in [0.25, 0.3) is 0 Å². The molecule has 0 amide bonds. The van der Waals surface area contributed by atoms with Crippen LogP contribution < -0.4 is 5.32 Å². The maximum atomic E-state index is 5.98. The van der Waals surface area contributed by atoms with Crippen LogP contribution in [-0.4, -0.2) is 31.4 Å². The number of hydrogen-bond acceptors (Lipinski definition) is 3. The van der Waals surface area contributed by atoms with E-state index in [2.05, 4.69) is 39.1 Å². The average molecular weight is 253 g/mol. The van der Waals surface area contributed by atoms with Crippen molar-refractivity contribution in [3.63, 3.8) is 0 Å². The van der Waals surface area contributed by atoms with Gasteiger partial charge in [0.15, 0.2) is 0 Å². The second-order valence-electron chi connectivity index (χ2n) is 5.66. The highest BCUT2D eigenvalue weighted by Crippen LogP contribution is 2.37. The van der Waals surface area contributed by atoms with Gasteiger partial charge in [0.2, 0.25) is 0 Å². The van der Waals surface area contributed by atoms with Gasteiger partial charge in [-0.2, -0.15) is 0 Å². The number of rotatable bonds is 5. The Morgan fingerprint density at radius 2 is 2.11 bits per heavy atom. The van der Waals surface area contributed by atoms with Crippen LogP contribution in [0.3, 0.4) is 0 Å². The van der Waals surface area contributed by atoms with Crippen molar-refractivity contribution in [2.75, 3.05) is 13.2 Å². The zero-order valence-corrected chi connectivity index (χ0v) is 12.1. The van der Waals surface area contributed by atoms with Crippen LogP contribution in [0.1, 0.15) is 40.5 Å². The van der Waals surface area contributed by atoms with Crippen molar-refractivity contribution in [1.82, 2.24) is 5.32 Å². The zero-order chi connectivity index (χ0) is 13.1. The first-order chi connectivity index (χ1) is 8.65. The first-order valence-electron chi connectivity index (χ1n) is 7.36. The summed E-state index contributed by atoms with van der Waals surface area (Å²) in [6, 6.07) is 0.322. The summed E-state index contributed by atoms with van der Waals surface area (Å²) in [6.07, 6.45) is 5.09. The van der Waals surface area contributed by atoms with E-state index in [0.717, 1.165) is 31.8 Å². The van der Waals surface area contributed by atoms with Crippen LogP contribution in [0.5, 0.6) is 0 Å². The normalized spacial score (nSPS) is 37.4. The van der Waals surface area contributed by atoms with E-state index in [1.165, 1.54) is 0 Å². The summed E-state index contributed by atoms with van der Waals surface area (Å²) >= 11 is 0. The van der Waals surface area contributed by atoms with Gasteiger partial charge in [0, 0.05) is 12.3 Å². The van der Waals surface area contributed by atoms with Gasteiger partial charge in [0.1, 0.15) is 5.76 Å².